The summed E-state index contributed by atoms with van der Waals surface area (Å²) in [5, 5.41) is 37.1. The molecule has 37 heavy (non-hydrogen) atoms. The minimum absolute atomic E-state index is 0. The summed E-state index contributed by atoms with van der Waals surface area (Å²) in [6.07, 6.45) is 0. The molecule has 11 nitrogen and oxygen atoms in total. The van der Waals surface area contributed by atoms with Gasteiger partial charge in [-0.2, -0.15) is 31.7 Å². The molecule has 0 aliphatic rings. The summed E-state index contributed by atoms with van der Waals surface area (Å²) < 4.78 is 67.0. The van der Waals surface area contributed by atoms with Gasteiger partial charge in [0, 0.05) is 50.4 Å². The van der Waals surface area contributed by atoms with E-state index in [4.69, 9.17) is 42.6 Å². The van der Waals surface area contributed by atoms with Gasteiger partial charge in [0.15, 0.2) is 0 Å². The van der Waals surface area contributed by atoms with Gasteiger partial charge < -0.3 is 20.1 Å². The Morgan fingerprint density at radius 3 is 0.865 bits per heavy atom. The number of hydroxylamine groups is 4. The zero-order chi connectivity index (χ0) is 29.3. The maximum absolute atomic E-state index is 10.7. The Bertz CT molecular complexity index is 681. The zero-order valence-electron chi connectivity index (χ0n) is 22.2. The normalized spacial score (nSPS) is 11.3. The topological polar surface area (TPSA) is 160 Å². The minimum Gasteiger partial charge on any atom is -0.401 e. The van der Waals surface area contributed by atoms with Crippen LogP contribution in [0.4, 0.5) is 13.2 Å². The molecule has 0 saturated heterocycles. The van der Waals surface area contributed by atoms with Gasteiger partial charge in [-0.25, -0.2) is 0 Å². The molecular formula is C19H39B2F3N2O9SZr. The molecule has 18 heteroatoms. The molecule has 1 rings (SSSR count). The summed E-state index contributed by atoms with van der Waals surface area (Å²) in [6, 6.07) is 12.5. The molecule has 0 radical (unpaired) electrons. The van der Waals surface area contributed by atoms with Crippen LogP contribution in [0.25, 0.3) is 0 Å². The standard InChI is InChI=1S/2C6H16BNO3.C6H6.CHF3O3S.Zr/c2*1-5(2)8(6(3)4)11-7(9)10;1-2-4-6-5-3-1;2-1(3,4)8(5,6)7;/h2*5-6,9-10H,1-4H3;1-6H;(H,5,6,7);. The van der Waals surface area contributed by atoms with E-state index in [-0.39, 0.29) is 50.4 Å². The smallest absolute Gasteiger partial charge is 0.401 e. The van der Waals surface area contributed by atoms with Crippen molar-refractivity contribution in [1.82, 2.24) is 10.1 Å². The largest absolute Gasteiger partial charge is 0.651 e. The van der Waals surface area contributed by atoms with Crippen LogP contribution in [-0.2, 0) is 45.8 Å². The Labute approximate surface area is 237 Å². The van der Waals surface area contributed by atoms with Crippen LogP contribution in [0.2, 0.25) is 0 Å². The van der Waals surface area contributed by atoms with E-state index in [0.29, 0.717) is 0 Å². The van der Waals surface area contributed by atoms with Gasteiger partial charge in [-0.15, -0.1) is 0 Å². The van der Waals surface area contributed by atoms with E-state index in [9.17, 15) is 13.2 Å². The Hall–Kier alpha value is -0.387. The Balaban J connectivity index is -0.000000199. The van der Waals surface area contributed by atoms with Crippen LogP contribution in [0.3, 0.4) is 0 Å². The first-order valence-electron chi connectivity index (χ1n) is 10.8. The maximum atomic E-state index is 10.7. The second-order valence-corrected chi connectivity index (χ2v) is 9.45. The summed E-state index contributed by atoms with van der Waals surface area (Å²) in [7, 11) is -9.29. The van der Waals surface area contributed by atoms with Crippen molar-refractivity contribution in [2.45, 2.75) is 85.1 Å². The monoisotopic (exact) mass is 640 g/mol. The molecule has 1 aromatic rings. The van der Waals surface area contributed by atoms with Crippen molar-refractivity contribution in [3.63, 3.8) is 0 Å². The van der Waals surface area contributed by atoms with Gasteiger partial charge >= 0.3 is 30.3 Å². The van der Waals surface area contributed by atoms with E-state index in [2.05, 4.69) is 0 Å². The predicted octanol–water partition coefficient (Wildman–Crippen LogP) is 2.09. The van der Waals surface area contributed by atoms with E-state index in [0.717, 1.165) is 0 Å². The number of hydrogen-bond acceptors (Lipinski definition) is 10. The second kappa shape index (κ2) is 22.4. The van der Waals surface area contributed by atoms with E-state index in [1.54, 1.807) is 0 Å². The third-order valence-corrected chi connectivity index (χ3v) is 4.01. The van der Waals surface area contributed by atoms with Crippen LogP contribution in [0.1, 0.15) is 55.4 Å². The first kappa shape index (κ1) is 43.7. The Morgan fingerprint density at radius 2 is 0.811 bits per heavy atom. The molecule has 0 aromatic heterocycles. The van der Waals surface area contributed by atoms with Gasteiger partial charge in [0.05, 0.1) is 0 Å². The molecule has 0 fully saturated rings. The molecular weight excluding hydrogens is 602 g/mol. The molecule has 0 aliphatic heterocycles. The first-order valence-corrected chi connectivity index (χ1v) is 12.2. The summed E-state index contributed by atoms with van der Waals surface area (Å²) in [5.74, 6) is 0. The average Bonchev–Trinajstić information content (AvgIpc) is 2.70. The van der Waals surface area contributed by atoms with E-state index < -0.39 is 30.3 Å². The van der Waals surface area contributed by atoms with E-state index in [1.165, 1.54) is 10.1 Å². The molecule has 0 aliphatic carbocycles. The maximum Gasteiger partial charge on any atom is 0.651 e. The van der Waals surface area contributed by atoms with Crippen molar-refractivity contribution < 1.29 is 82.0 Å². The number of alkyl halides is 3. The average molecular weight is 641 g/mol. The van der Waals surface area contributed by atoms with Crippen LogP contribution < -0.4 is 0 Å². The number of nitrogens with zero attached hydrogens (tertiary/aromatic N) is 2. The van der Waals surface area contributed by atoms with Crippen molar-refractivity contribution in [1.29, 1.82) is 0 Å². The molecule has 0 amide bonds. The van der Waals surface area contributed by atoms with Gasteiger partial charge in [0.1, 0.15) is 0 Å². The summed E-state index contributed by atoms with van der Waals surface area (Å²) in [5.41, 5.74) is -5.53. The molecule has 0 spiro atoms. The fourth-order valence-corrected chi connectivity index (χ4v) is 2.28. The Kier molecular flexibility index (Phi) is 26.5. The summed E-state index contributed by atoms with van der Waals surface area (Å²) in [4.78, 5) is 0. The first-order chi connectivity index (χ1) is 16.1. The third kappa shape index (κ3) is 27.0. The SMILES string of the molecule is CC(C)N(OB(O)O)C(C)C.CC(C)N(OB(O)O)C(C)C.O=S(=O)(O)C(F)(F)F.[Zr].c1ccccc1. The van der Waals surface area contributed by atoms with Gasteiger partial charge in [0.25, 0.3) is 0 Å². The minimum atomic E-state index is -5.84. The van der Waals surface area contributed by atoms with Crippen LogP contribution >= 0.6 is 0 Å². The number of hydrogen-bond donors (Lipinski definition) is 5. The van der Waals surface area contributed by atoms with Crippen LogP contribution in [0.15, 0.2) is 36.4 Å². The van der Waals surface area contributed by atoms with Crippen molar-refractivity contribution in [2.24, 2.45) is 0 Å². The summed E-state index contributed by atoms with van der Waals surface area (Å²) in [6.45, 7) is 15.4. The molecule has 1 aromatic carbocycles. The molecule has 216 valence electrons. The molecule has 0 unspecified atom stereocenters. The van der Waals surface area contributed by atoms with Crippen molar-refractivity contribution in [3.8, 4) is 0 Å². The van der Waals surface area contributed by atoms with Crippen LogP contribution in [0, 0.1) is 0 Å². The van der Waals surface area contributed by atoms with Crippen LogP contribution in [-0.4, -0.2) is 87.5 Å². The van der Waals surface area contributed by atoms with Crippen LogP contribution in [0.5, 0.6) is 0 Å². The molecule has 0 atom stereocenters. The van der Waals surface area contributed by atoms with Gasteiger partial charge in [-0.3, -0.25) is 14.1 Å². The number of benzene rings is 1. The molecule has 0 heterocycles. The fraction of sp³-hybridized carbons (Fsp3) is 0.684. The third-order valence-electron chi connectivity index (χ3n) is 3.43. The molecule has 0 saturated carbocycles. The number of rotatable bonds is 8. The Morgan fingerprint density at radius 1 is 0.649 bits per heavy atom. The fourth-order valence-electron chi connectivity index (χ4n) is 2.28. The number of halogens is 3. The second-order valence-electron chi connectivity index (χ2n) is 8.03. The van der Waals surface area contributed by atoms with Crippen molar-refractivity contribution >= 4 is 24.8 Å². The summed E-state index contributed by atoms with van der Waals surface area (Å²) >= 11 is 0. The van der Waals surface area contributed by atoms with Gasteiger partial charge in [0.2, 0.25) is 0 Å². The zero-order valence-corrected chi connectivity index (χ0v) is 25.5. The molecule has 0 bridgehead atoms. The predicted molar refractivity (Wildman–Crippen MR) is 131 cm³/mol. The van der Waals surface area contributed by atoms with E-state index >= 15 is 0 Å². The van der Waals surface area contributed by atoms with Gasteiger partial charge in [-0.05, 0) is 55.4 Å². The molecule has 5 N–H and O–H groups in total. The van der Waals surface area contributed by atoms with Crippen molar-refractivity contribution in [3.05, 3.63) is 36.4 Å². The van der Waals surface area contributed by atoms with Crippen molar-refractivity contribution in [2.75, 3.05) is 0 Å². The quantitative estimate of drug-likeness (QED) is 0.122. The van der Waals surface area contributed by atoms with E-state index in [1.807, 2.05) is 91.8 Å². The van der Waals surface area contributed by atoms with Gasteiger partial charge in [-0.1, -0.05) is 36.4 Å².